The van der Waals surface area contributed by atoms with Crippen LogP contribution in [0.4, 0.5) is 0 Å². The van der Waals surface area contributed by atoms with Crippen molar-refractivity contribution >= 4 is 0 Å². The van der Waals surface area contributed by atoms with E-state index in [-0.39, 0.29) is 0 Å². The molecule has 2 bridgehead atoms. The van der Waals surface area contributed by atoms with Crippen molar-refractivity contribution in [1.29, 1.82) is 0 Å². The van der Waals surface area contributed by atoms with Crippen LogP contribution in [0.25, 0.3) is 0 Å². The van der Waals surface area contributed by atoms with Crippen LogP contribution in [-0.4, -0.2) is 37.2 Å². The SMILES string of the molecule is C#CCOC1CN2CCC1C2. The Morgan fingerprint density at radius 1 is 1.55 bits per heavy atom. The Labute approximate surface area is 67.5 Å². The lowest BCUT2D eigenvalue weighted by molar-refractivity contribution is 0.0421. The van der Waals surface area contributed by atoms with Gasteiger partial charge in [0.2, 0.25) is 0 Å². The maximum Gasteiger partial charge on any atom is 0.107 e. The van der Waals surface area contributed by atoms with E-state index in [0.717, 1.165) is 12.5 Å². The zero-order chi connectivity index (χ0) is 7.68. The summed E-state index contributed by atoms with van der Waals surface area (Å²) in [6.07, 6.45) is 6.85. The zero-order valence-electron chi connectivity index (χ0n) is 6.62. The molecule has 0 radical (unpaired) electrons. The van der Waals surface area contributed by atoms with Crippen molar-refractivity contribution in [1.82, 2.24) is 4.90 Å². The number of piperidine rings is 1. The van der Waals surface area contributed by atoms with Gasteiger partial charge in [-0.3, -0.25) is 0 Å². The summed E-state index contributed by atoms with van der Waals surface area (Å²) in [4.78, 5) is 2.45. The standard InChI is InChI=1S/C9H13NO/c1-2-5-11-9-7-10-4-3-8(9)6-10/h1,8-9H,3-7H2. The molecule has 0 aromatic rings. The van der Waals surface area contributed by atoms with E-state index in [0.29, 0.717) is 12.7 Å². The molecule has 2 heteroatoms. The van der Waals surface area contributed by atoms with E-state index in [4.69, 9.17) is 11.2 Å². The molecule has 2 rings (SSSR count). The van der Waals surface area contributed by atoms with Gasteiger partial charge in [0.1, 0.15) is 6.61 Å². The molecule has 2 aliphatic heterocycles. The van der Waals surface area contributed by atoms with Gasteiger partial charge in [0.05, 0.1) is 6.10 Å². The van der Waals surface area contributed by atoms with Gasteiger partial charge in [-0.2, -0.15) is 0 Å². The molecule has 2 nitrogen and oxygen atoms in total. The Bertz CT molecular complexity index is 184. The van der Waals surface area contributed by atoms with Gasteiger partial charge in [-0.05, 0) is 13.0 Å². The van der Waals surface area contributed by atoms with Crippen molar-refractivity contribution in [3.63, 3.8) is 0 Å². The summed E-state index contributed by atoms with van der Waals surface area (Å²) in [6.45, 7) is 4.08. The van der Waals surface area contributed by atoms with E-state index >= 15 is 0 Å². The molecule has 2 aliphatic rings. The monoisotopic (exact) mass is 151 g/mol. The first-order valence-corrected chi connectivity index (χ1v) is 4.17. The number of nitrogens with zero attached hydrogens (tertiary/aromatic N) is 1. The number of ether oxygens (including phenoxy) is 1. The number of fused-ring (bicyclic) bond motifs is 2. The van der Waals surface area contributed by atoms with Crippen LogP contribution in [0, 0.1) is 18.3 Å². The Balaban J connectivity index is 1.84. The van der Waals surface area contributed by atoms with Gasteiger partial charge in [-0.1, -0.05) is 5.92 Å². The van der Waals surface area contributed by atoms with Crippen molar-refractivity contribution in [2.75, 3.05) is 26.2 Å². The maximum atomic E-state index is 5.51. The van der Waals surface area contributed by atoms with Crippen LogP contribution in [0.1, 0.15) is 6.42 Å². The molecular weight excluding hydrogens is 138 g/mol. The lowest BCUT2D eigenvalue weighted by Crippen LogP contribution is -2.30. The Kier molecular flexibility index (Phi) is 1.85. The third-order valence-corrected chi connectivity index (χ3v) is 2.65. The Morgan fingerprint density at radius 2 is 2.45 bits per heavy atom. The fourth-order valence-electron chi connectivity index (χ4n) is 2.08. The third kappa shape index (κ3) is 1.26. The second kappa shape index (κ2) is 2.84. The minimum atomic E-state index is 0.430. The molecule has 0 saturated carbocycles. The predicted octanol–water partition coefficient (Wildman–Crippen LogP) is 0.340. The van der Waals surface area contributed by atoms with Crippen molar-refractivity contribution in [2.45, 2.75) is 12.5 Å². The second-order valence-corrected chi connectivity index (χ2v) is 3.36. The Hall–Kier alpha value is -0.520. The van der Waals surface area contributed by atoms with Gasteiger partial charge in [0.15, 0.2) is 0 Å². The fraction of sp³-hybridized carbons (Fsp3) is 0.778. The fourth-order valence-corrected chi connectivity index (χ4v) is 2.08. The molecule has 0 spiro atoms. The first-order valence-electron chi connectivity index (χ1n) is 4.17. The van der Waals surface area contributed by atoms with Crippen LogP contribution in [0.15, 0.2) is 0 Å². The number of terminal acetylenes is 1. The largest absolute Gasteiger partial charge is 0.364 e. The molecule has 0 amide bonds. The highest BCUT2D eigenvalue weighted by Crippen LogP contribution is 2.29. The zero-order valence-corrected chi connectivity index (χ0v) is 6.62. The number of hydrogen-bond acceptors (Lipinski definition) is 2. The van der Waals surface area contributed by atoms with E-state index in [1.807, 2.05) is 0 Å². The highest BCUT2D eigenvalue weighted by atomic mass is 16.5. The van der Waals surface area contributed by atoms with E-state index in [1.54, 1.807) is 0 Å². The summed E-state index contributed by atoms with van der Waals surface area (Å²) >= 11 is 0. The van der Waals surface area contributed by atoms with Crippen LogP contribution in [0.5, 0.6) is 0 Å². The van der Waals surface area contributed by atoms with Gasteiger partial charge in [0.25, 0.3) is 0 Å². The van der Waals surface area contributed by atoms with Crippen LogP contribution in [0.3, 0.4) is 0 Å². The van der Waals surface area contributed by atoms with E-state index in [2.05, 4.69) is 10.8 Å². The van der Waals surface area contributed by atoms with Crippen LogP contribution in [-0.2, 0) is 4.74 Å². The van der Waals surface area contributed by atoms with Gasteiger partial charge < -0.3 is 9.64 Å². The van der Waals surface area contributed by atoms with Crippen molar-refractivity contribution < 1.29 is 4.74 Å². The predicted molar refractivity (Wildman–Crippen MR) is 43.1 cm³/mol. The molecule has 0 N–H and O–H groups in total. The molecule has 0 aromatic carbocycles. The third-order valence-electron chi connectivity index (χ3n) is 2.65. The smallest absolute Gasteiger partial charge is 0.107 e. The van der Waals surface area contributed by atoms with E-state index in [1.165, 1.54) is 19.5 Å². The quantitative estimate of drug-likeness (QED) is 0.528. The van der Waals surface area contributed by atoms with Crippen LogP contribution < -0.4 is 0 Å². The van der Waals surface area contributed by atoms with Crippen molar-refractivity contribution in [3.05, 3.63) is 0 Å². The molecule has 3 unspecified atom stereocenters. The first kappa shape index (κ1) is 7.15. The minimum Gasteiger partial charge on any atom is -0.364 e. The van der Waals surface area contributed by atoms with Crippen molar-refractivity contribution in [3.8, 4) is 12.3 Å². The molecule has 2 saturated heterocycles. The average molecular weight is 151 g/mol. The first-order chi connectivity index (χ1) is 5.40. The summed E-state index contributed by atoms with van der Waals surface area (Å²) in [7, 11) is 0. The summed E-state index contributed by atoms with van der Waals surface area (Å²) in [5, 5.41) is 0. The van der Waals surface area contributed by atoms with Gasteiger partial charge >= 0.3 is 0 Å². The lowest BCUT2D eigenvalue weighted by Gasteiger charge is -2.21. The lowest BCUT2D eigenvalue weighted by atomic mass is 10.0. The van der Waals surface area contributed by atoms with Crippen molar-refractivity contribution in [2.24, 2.45) is 5.92 Å². The summed E-state index contributed by atoms with van der Waals surface area (Å²) < 4.78 is 5.51. The highest BCUT2D eigenvalue weighted by Gasteiger charge is 2.38. The minimum absolute atomic E-state index is 0.430. The normalized spacial score (nSPS) is 40.8. The molecule has 0 aromatic heterocycles. The van der Waals surface area contributed by atoms with Gasteiger partial charge in [-0.25, -0.2) is 0 Å². The molecule has 60 valence electrons. The van der Waals surface area contributed by atoms with E-state index < -0.39 is 0 Å². The Morgan fingerprint density at radius 3 is 3.00 bits per heavy atom. The highest BCUT2D eigenvalue weighted by molar-refractivity contribution is 4.93. The van der Waals surface area contributed by atoms with Crippen LogP contribution >= 0.6 is 0 Å². The van der Waals surface area contributed by atoms with E-state index in [9.17, 15) is 0 Å². The maximum absolute atomic E-state index is 5.51. The molecule has 3 atom stereocenters. The average Bonchev–Trinajstić information content (AvgIpc) is 2.60. The topological polar surface area (TPSA) is 12.5 Å². The molecular formula is C9H13NO. The molecule has 2 fully saturated rings. The summed E-state index contributed by atoms with van der Waals surface area (Å²) in [5.74, 6) is 3.28. The van der Waals surface area contributed by atoms with Gasteiger partial charge in [0, 0.05) is 19.0 Å². The molecule has 0 aliphatic carbocycles. The molecule has 11 heavy (non-hydrogen) atoms. The number of hydrogen-bond donors (Lipinski definition) is 0. The summed E-state index contributed by atoms with van der Waals surface area (Å²) in [5.41, 5.74) is 0. The van der Waals surface area contributed by atoms with Crippen LogP contribution in [0.2, 0.25) is 0 Å². The second-order valence-electron chi connectivity index (χ2n) is 3.36. The summed E-state index contributed by atoms with van der Waals surface area (Å²) in [6, 6.07) is 0. The molecule has 2 heterocycles. The van der Waals surface area contributed by atoms with Gasteiger partial charge in [-0.15, -0.1) is 6.42 Å². The number of rotatable bonds is 2.